The number of aromatic nitrogens is 1. The number of carbonyl (C=O) groups is 2. The van der Waals surface area contributed by atoms with Gasteiger partial charge in [0.2, 0.25) is 0 Å². The van der Waals surface area contributed by atoms with Gasteiger partial charge in [-0.3, -0.25) is 19.5 Å². The first kappa shape index (κ1) is 20.3. The molecule has 156 valence electrons. The summed E-state index contributed by atoms with van der Waals surface area (Å²) in [4.78, 5) is 31.8. The molecule has 1 saturated heterocycles. The number of ketones is 1. The monoisotopic (exact) mass is 414 g/mol. The Morgan fingerprint density at radius 1 is 1.03 bits per heavy atom. The molecule has 0 radical (unpaired) electrons. The second-order valence-electron chi connectivity index (χ2n) is 7.47. The van der Waals surface area contributed by atoms with Gasteiger partial charge in [0, 0.05) is 23.6 Å². The molecule has 3 aromatic rings. The zero-order valence-corrected chi connectivity index (χ0v) is 17.5. The lowest BCUT2D eigenvalue weighted by Crippen LogP contribution is -2.29. The Labute approximate surface area is 180 Å². The van der Waals surface area contributed by atoms with Crippen molar-refractivity contribution in [1.29, 1.82) is 0 Å². The number of amides is 1. The fraction of sp³-hybridized carbons (Fsp3) is 0.160. The highest BCUT2D eigenvalue weighted by atomic mass is 16.5. The lowest BCUT2D eigenvalue weighted by molar-refractivity contribution is -0.132. The highest BCUT2D eigenvalue weighted by molar-refractivity contribution is 6.51. The van der Waals surface area contributed by atoms with Crippen molar-refractivity contribution in [2.75, 3.05) is 12.0 Å². The number of anilines is 1. The number of aryl methyl sites for hydroxylation is 2. The van der Waals surface area contributed by atoms with Crippen molar-refractivity contribution >= 4 is 23.1 Å². The maximum atomic E-state index is 13.2. The summed E-state index contributed by atoms with van der Waals surface area (Å²) in [6.07, 6.45) is 3.20. The van der Waals surface area contributed by atoms with Crippen LogP contribution in [0.25, 0.3) is 5.76 Å². The minimum Gasteiger partial charge on any atom is -0.507 e. The number of aliphatic hydroxyl groups is 1. The first-order valence-corrected chi connectivity index (χ1v) is 9.85. The molecule has 0 bridgehead atoms. The molecule has 1 aliphatic rings. The van der Waals surface area contributed by atoms with Gasteiger partial charge in [-0.05, 0) is 73.0 Å². The van der Waals surface area contributed by atoms with E-state index >= 15 is 0 Å². The number of benzene rings is 2. The molecule has 6 heteroatoms. The van der Waals surface area contributed by atoms with Crippen LogP contribution in [0.15, 0.2) is 72.6 Å². The van der Waals surface area contributed by atoms with Crippen LogP contribution in [0.2, 0.25) is 0 Å². The molecule has 1 aromatic heterocycles. The van der Waals surface area contributed by atoms with Gasteiger partial charge in [0.15, 0.2) is 0 Å². The predicted molar refractivity (Wildman–Crippen MR) is 118 cm³/mol. The largest absolute Gasteiger partial charge is 0.507 e. The van der Waals surface area contributed by atoms with E-state index in [1.54, 1.807) is 55.9 Å². The Morgan fingerprint density at radius 3 is 2.42 bits per heavy atom. The summed E-state index contributed by atoms with van der Waals surface area (Å²) in [6.45, 7) is 3.73. The van der Waals surface area contributed by atoms with Crippen LogP contribution >= 0.6 is 0 Å². The van der Waals surface area contributed by atoms with E-state index < -0.39 is 17.7 Å². The smallest absolute Gasteiger partial charge is 0.300 e. The summed E-state index contributed by atoms with van der Waals surface area (Å²) in [7, 11) is 1.56. The lowest BCUT2D eigenvalue weighted by atomic mass is 9.94. The molecular formula is C25H22N2O4. The van der Waals surface area contributed by atoms with Crippen molar-refractivity contribution in [3.05, 3.63) is 94.8 Å². The van der Waals surface area contributed by atoms with Crippen LogP contribution in [-0.4, -0.2) is 28.9 Å². The molecule has 1 fully saturated rings. The highest BCUT2D eigenvalue weighted by Gasteiger charge is 2.47. The number of hydrogen-bond donors (Lipinski definition) is 1. The van der Waals surface area contributed by atoms with Crippen LogP contribution in [0.3, 0.4) is 0 Å². The van der Waals surface area contributed by atoms with Crippen molar-refractivity contribution in [3.63, 3.8) is 0 Å². The van der Waals surface area contributed by atoms with Crippen LogP contribution in [0, 0.1) is 13.8 Å². The fourth-order valence-corrected chi connectivity index (χ4v) is 3.91. The average Bonchev–Trinajstić information content (AvgIpc) is 3.04. The summed E-state index contributed by atoms with van der Waals surface area (Å²) in [5.74, 6) is -0.980. The van der Waals surface area contributed by atoms with Crippen molar-refractivity contribution in [3.8, 4) is 5.75 Å². The van der Waals surface area contributed by atoms with E-state index in [-0.39, 0.29) is 11.3 Å². The molecule has 0 spiro atoms. The van der Waals surface area contributed by atoms with E-state index in [1.807, 2.05) is 32.0 Å². The van der Waals surface area contributed by atoms with Gasteiger partial charge in [-0.15, -0.1) is 0 Å². The molecule has 2 aromatic carbocycles. The van der Waals surface area contributed by atoms with Crippen molar-refractivity contribution in [1.82, 2.24) is 4.98 Å². The van der Waals surface area contributed by atoms with Crippen molar-refractivity contribution in [2.45, 2.75) is 19.9 Å². The predicted octanol–water partition coefficient (Wildman–Crippen LogP) is 4.33. The van der Waals surface area contributed by atoms with Crippen LogP contribution in [0.5, 0.6) is 5.75 Å². The zero-order valence-electron chi connectivity index (χ0n) is 17.5. The Balaban J connectivity index is 1.95. The minimum atomic E-state index is -0.772. The van der Waals surface area contributed by atoms with E-state index in [0.29, 0.717) is 22.6 Å². The van der Waals surface area contributed by atoms with Gasteiger partial charge in [-0.2, -0.15) is 0 Å². The quantitative estimate of drug-likeness (QED) is 0.390. The molecule has 1 N–H and O–H groups in total. The summed E-state index contributed by atoms with van der Waals surface area (Å²) < 4.78 is 5.24. The SMILES string of the molecule is COc1ccc(/C(O)=C2/C(=O)C(=O)N(c3cccc(C)c3)C2c2ccncc2)c(C)c1. The second kappa shape index (κ2) is 8.07. The third kappa shape index (κ3) is 3.57. The van der Waals surface area contributed by atoms with Gasteiger partial charge >= 0.3 is 0 Å². The molecule has 2 heterocycles. The fourth-order valence-electron chi connectivity index (χ4n) is 3.91. The topological polar surface area (TPSA) is 79.7 Å². The van der Waals surface area contributed by atoms with E-state index in [1.165, 1.54) is 4.90 Å². The van der Waals surface area contributed by atoms with E-state index in [9.17, 15) is 14.7 Å². The first-order chi connectivity index (χ1) is 14.9. The number of hydrogen-bond acceptors (Lipinski definition) is 5. The third-order valence-electron chi connectivity index (χ3n) is 5.43. The number of methoxy groups -OCH3 is 1. The number of pyridine rings is 1. The number of aliphatic hydroxyl groups excluding tert-OH is 1. The van der Waals surface area contributed by atoms with Crippen LogP contribution < -0.4 is 9.64 Å². The van der Waals surface area contributed by atoms with Crippen LogP contribution in [0.1, 0.15) is 28.3 Å². The molecule has 1 aliphatic heterocycles. The summed E-state index contributed by atoms with van der Waals surface area (Å²) in [5.41, 5.74) is 3.48. The molecule has 31 heavy (non-hydrogen) atoms. The summed E-state index contributed by atoms with van der Waals surface area (Å²) in [6, 6.07) is 15.3. The van der Waals surface area contributed by atoms with Gasteiger partial charge in [0.1, 0.15) is 11.5 Å². The Kier molecular flexibility index (Phi) is 5.29. The Morgan fingerprint density at radius 2 is 1.77 bits per heavy atom. The average molecular weight is 414 g/mol. The molecule has 1 atom stereocenters. The lowest BCUT2D eigenvalue weighted by Gasteiger charge is -2.25. The normalized spacial score (nSPS) is 17.8. The number of Topliss-reactive ketones (excluding diaryl/α,β-unsaturated/α-hetero) is 1. The van der Waals surface area contributed by atoms with Gasteiger partial charge in [0.25, 0.3) is 11.7 Å². The molecule has 1 unspecified atom stereocenters. The third-order valence-corrected chi connectivity index (χ3v) is 5.43. The van der Waals surface area contributed by atoms with Gasteiger partial charge in [-0.1, -0.05) is 12.1 Å². The molecule has 0 aliphatic carbocycles. The first-order valence-electron chi connectivity index (χ1n) is 9.85. The van der Waals surface area contributed by atoms with Crippen molar-refractivity contribution < 1.29 is 19.4 Å². The number of nitrogens with zero attached hydrogens (tertiary/aromatic N) is 2. The molecule has 0 saturated carbocycles. The number of rotatable bonds is 4. The second-order valence-corrected chi connectivity index (χ2v) is 7.47. The van der Waals surface area contributed by atoms with E-state index in [2.05, 4.69) is 4.98 Å². The molecule has 6 nitrogen and oxygen atoms in total. The van der Waals surface area contributed by atoms with Gasteiger partial charge in [0.05, 0.1) is 18.7 Å². The van der Waals surface area contributed by atoms with Crippen molar-refractivity contribution in [2.24, 2.45) is 0 Å². The molecular weight excluding hydrogens is 392 g/mol. The number of carbonyl (C=O) groups excluding carboxylic acids is 2. The van der Waals surface area contributed by atoms with E-state index in [0.717, 1.165) is 11.1 Å². The van der Waals surface area contributed by atoms with Crippen LogP contribution in [-0.2, 0) is 9.59 Å². The number of ether oxygens (including phenoxy) is 1. The molecule has 4 rings (SSSR count). The van der Waals surface area contributed by atoms with Gasteiger partial charge in [-0.25, -0.2) is 0 Å². The standard InChI is InChI=1S/C25H22N2O4/c1-15-5-4-6-18(13-15)27-22(17-9-11-26-12-10-17)21(24(29)25(27)30)23(28)20-8-7-19(31-3)14-16(20)2/h4-14,22,28H,1-3H3/b23-21-. The van der Waals surface area contributed by atoms with Gasteiger partial charge < -0.3 is 9.84 Å². The highest BCUT2D eigenvalue weighted by Crippen LogP contribution is 2.42. The van der Waals surface area contributed by atoms with E-state index in [4.69, 9.17) is 4.74 Å². The molecule has 1 amide bonds. The Hall–Kier alpha value is -3.93. The zero-order chi connectivity index (χ0) is 22.1. The Bertz CT molecular complexity index is 1200. The summed E-state index contributed by atoms with van der Waals surface area (Å²) in [5, 5.41) is 11.2. The summed E-state index contributed by atoms with van der Waals surface area (Å²) >= 11 is 0. The van der Waals surface area contributed by atoms with Crippen LogP contribution in [0.4, 0.5) is 5.69 Å². The maximum Gasteiger partial charge on any atom is 0.300 e. The minimum absolute atomic E-state index is 0.0472. The maximum absolute atomic E-state index is 13.2.